The van der Waals surface area contributed by atoms with Crippen LogP contribution in [0, 0.1) is 0 Å². The molecule has 14 heteroatoms. The van der Waals surface area contributed by atoms with E-state index in [1.54, 1.807) is 11.3 Å². The number of thiazole rings is 1. The number of ether oxygens (including phenoxy) is 5. The van der Waals surface area contributed by atoms with Crippen LogP contribution in [0.25, 0.3) is 21.6 Å². The molecule has 0 radical (unpaired) electrons. The number of nitrogens with zero attached hydrogens (tertiary/aromatic N) is 5. The first-order chi connectivity index (χ1) is 31.4. The van der Waals surface area contributed by atoms with E-state index in [9.17, 15) is 4.79 Å². The zero-order valence-electron chi connectivity index (χ0n) is 37.9. The molecule has 2 aliphatic heterocycles. The Hall–Kier alpha value is -5.70. The first kappa shape index (κ1) is 44.9. The first-order valence-corrected chi connectivity index (χ1v) is 23.9. The zero-order valence-corrected chi connectivity index (χ0v) is 38.8. The molecule has 2 aliphatic rings. The molecule has 2 N–H and O–H groups in total. The van der Waals surface area contributed by atoms with Gasteiger partial charge in [-0.05, 0) is 158 Å². The molecule has 0 unspecified atom stereocenters. The predicted octanol–water partition coefficient (Wildman–Crippen LogP) is 9.17. The number of nitrogens with one attached hydrogen (secondary N) is 2. The van der Waals surface area contributed by atoms with Gasteiger partial charge < -0.3 is 53.3 Å². The minimum atomic E-state index is -0.342. The summed E-state index contributed by atoms with van der Waals surface area (Å²) in [5.74, 6) is 2.70. The Morgan fingerprint density at radius 2 is 1.06 bits per heavy atom. The van der Waals surface area contributed by atoms with E-state index >= 15 is 0 Å². The van der Waals surface area contributed by atoms with Gasteiger partial charge in [0.15, 0.2) is 5.13 Å². The number of esters is 1. The predicted molar refractivity (Wildman–Crippen MR) is 256 cm³/mol. The quantitative estimate of drug-likeness (QED) is 0.0716. The number of anilines is 2. The van der Waals surface area contributed by atoms with Gasteiger partial charge in [0.1, 0.15) is 34.4 Å². The number of aromatic nitrogens is 3. The molecule has 340 valence electrons. The number of rotatable bonds is 20. The fourth-order valence-corrected chi connectivity index (χ4v) is 10.1. The van der Waals surface area contributed by atoms with Gasteiger partial charge in [0.25, 0.3) is 0 Å². The maximum Gasteiger partial charge on any atom is 0.340 e. The molecule has 0 saturated carbocycles. The summed E-state index contributed by atoms with van der Waals surface area (Å²) in [5, 5.41) is 8.01. The van der Waals surface area contributed by atoms with Gasteiger partial charge in [0.05, 0.1) is 54.5 Å². The molecule has 8 rings (SSSR count). The highest BCUT2D eigenvalue weighted by molar-refractivity contribution is 7.22. The lowest BCUT2D eigenvalue weighted by Gasteiger charge is -2.37. The summed E-state index contributed by atoms with van der Waals surface area (Å²) < 4.78 is 36.1. The third-order valence-corrected chi connectivity index (χ3v) is 12.9. The number of fused-ring (bicyclic) bond motifs is 1. The highest BCUT2D eigenvalue weighted by atomic mass is 32.1. The normalized spacial score (nSPS) is 14.7. The average molecular weight is 890 g/mol. The zero-order chi connectivity index (χ0) is 44.4. The Balaban J connectivity index is 1.23. The molecule has 2 saturated heterocycles. The van der Waals surface area contributed by atoms with Crippen LogP contribution < -0.4 is 39.4 Å². The Labute approximate surface area is 381 Å². The van der Waals surface area contributed by atoms with Gasteiger partial charge in [-0.15, -0.1) is 0 Å². The average Bonchev–Trinajstić information content (AvgIpc) is 4.12. The van der Waals surface area contributed by atoms with Crippen molar-refractivity contribution in [2.75, 3.05) is 69.0 Å². The van der Waals surface area contributed by atoms with Crippen LogP contribution in [0.1, 0.15) is 81.8 Å². The van der Waals surface area contributed by atoms with Gasteiger partial charge in [-0.3, -0.25) is 0 Å². The lowest BCUT2D eigenvalue weighted by atomic mass is 10.00. The second-order valence-corrected chi connectivity index (χ2v) is 17.1. The van der Waals surface area contributed by atoms with Crippen molar-refractivity contribution in [3.63, 3.8) is 0 Å². The smallest absolute Gasteiger partial charge is 0.340 e. The Morgan fingerprint density at radius 3 is 1.50 bits per heavy atom. The summed E-state index contributed by atoms with van der Waals surface area (Å²) in [7, 11) is 0. The first-order valence-electron chi connectivity index (χ1n) is 23.1. The van der Waals surface area contributed by atoms with Gasteiger partial charge in [-0.25, -0.2) is 9.78 Å². The van der Waals surface area contributed by atoms with Crippen LogP contribution in [0.4, 0.5) is 10.8 Å². The third-order valence-electron chi connectivity index (χ3n) is 11.9. The fraction of sp³-hybridized carbons (Fsp3) is 0.440. The largest absolute Gasteiger partial charge is 0.492 e. The van der Waals surface area contributed by atoms with E-state index in [0.29, 0.717) is 45.1 Å². The number of carbonyl (C=O) groups excluding carboxylic acids is 1. The molecule has 13 nitrogen and oxygen atoms in total. The molecule has 0 atom stereocenters. The molecule has 3 aromatic carbocycles. The van der Waals surface area contributed by atoms with Gasteiger partial charge in [-0.2, -0.15) is 0 Å². The van der Waals surface area contributed by atoms with Crippen molar-refractivity contribution in [2.45, 2.75) is 85.5 Å². The molecule has 2 fully saturated rings. The number of piperidine rings is 2. The topological polar surface area (TPSA) is 117 Å². The monoisotopic (exact) mass is 889 g/mol. The lowest BCUT2D eigenvalue weighted by molar-refractivity contribution is 0.0527. The van der Waals surface area contributed by atoms with Crippen LogP contribution in [0.5, 0.6) is 23.0 Å². The Kier molecular flexibility index (Phi) is 15.0. The molecule has 0 aliphatic carbocycles. The number of hydrogen-bond acceptors (Lipinski definition) is 12. The molecular weight excluding hydrogens is 827 g/mol. The van der Waals surface area contributed by atoms with Crippen LogP contribution >= 0.6 is 11.3 Å². The summed E-state index contributed by atoms with van der Waals surface area (Å²) >= 11 is 1.63. The van der Waals surface area contributed by atoms with Crippen molar-refractivity contribution in [2.24, 2.45) is 0 Å². The van der Waals surface area contributed by atoms with Crippen LogP contribution in [0.3, 0.4) is 0 Å². The molecule has 0 bridgehead atoms. The van der Waals surface area contributed by atoms with Crippen molar-refractivity contribution in [1.82, 2.24) is 24.8 Å². The SMILES string of the molecule is CCOC(=O)c1cc2sc(N(Cc3cc(OCC)c(-n4cccc4)c(OCC)c3)C3CCNCC3)nc2cc1N(Cc1cc(OCC)c(-n2cccc2)c(OCC)c1)C1CCNCC1. The van der Waals surface area contributed by atoms with Crippen molar-refractivity contribution in [3.05, 3.63) is 102 Å². The van der Waals surface area contributed by atoms with Crippen molar-refractivity contribution >= 4 is 38.3 Å². The minimum absolute atomic E-state index is 0.153. The van der Waals surface area contributed by atoms with E-state index in [-0.39, 0.29) is 24.7 Å². The Morgan fingerprint density at radius 1 is 0.625 bits per heavy atom. The van der Waals surface area contributed by atoms with Crippen molar-refractivity contribution < 1.29 is 28.5 Å². The van der Waals surface area contributed by atoms with Gasteiger partial charge in [0.2, 0.25) is 0 Å². The molecule has 64 heavy (non-hydrogen) atoms. The second-order valence-electron chi connectivity index (χ2n) is 16.1. The van der Waals surface area contributed by atoms with Gasteiger partial charge >= 0.3 is 5.97 Å². The van der Waals surface area contributed by atoms with E-state index in [2.05, 4.69) is 55.3 Å². The summed E-state index contributed by atoms with van der Waals surface area (Å²) in [5.41, 5.74) is 6.06. The Bertz CT molecular complexity index is 2390. The van der Waals surface area contributed by atoms with Gasteiger partial charge in [0, 0.05) is 50.0 Å². The number of carbonyl (C=O) groups is 1. The fourth-order valence-electron chi connectivity index (χ4n) is 9.07. The molecule has 0 spiro atoms. The molecule has 0 amide bonds. The van der Waals surface area contributed by atoms with Crippen LogP contribution in [-0.2, 0) is 17.8 Å². The van der Waals surface area contributed by atoms with Gasteiger partial charge in [-0.1, -0.05) is 11.3 Å². The number of benzene rings is 3. The highest BCUT2D eigenvalue weighted by Gasteiger charge is 2.31. The third kappa shape index (κ3) is 9.99. The molecule has 6 aromatic rings. The molecule has 5 heterocycles. The van der Waals surface area contributed by atoms with E-state index in [0.717, 1.165) is 118 Å². The summed E-state index contributed by atoms with van der Waals surface area (Å²) in [6, 6.07) is 21.1. The molecular formula is C50H63N7O6S. The summed E-state index contributed by atoms with van der Waals surface area (Å²) in [6.07, 6.45) is 11.8. The van der Waals surface area contributed by atoms with E-state index in [1.807, 2.05) is 94.3 Å². The maximum atomic E-state index is 14.2. The van der Waals surface area contributed by atoms with E-state index in [1.165, 1.54) is 0 Å². The molecule has 3 aromatic heterocycles. The van der Waals surface area contributed by atoms with Crippen LogP contribution in [0.15, 0.2) is 85.5 Å². The number of hydrogen-bond donors (Lipinski definition) is 2. The van der Waals surface area contributed by atoms with E-state index < -0.39 is 0 Å². The van der Waals surface area contributed by atoms with E-state index in [4.69, 9.17) is 28.7 Å². The summed E-state index contributed by atoms with van der Waals surface area (Å²) in [4.78, 5) is 24.4. The van der Waals surface area contributed by atoms with Crippen molar-refractivity contribution in [1.29, 1.82) is 0 Å². The van der Waals surface area contributed by atoms with Crippen molar-refractivity contribution in [3.8, 4) is 34.4 Å². The summed E-state index contributed by atoms with van der Waals surface area (Å²) in [6.45, 7) is 17.0. The minimum Gasteiger partial charge on any atom is -0.492 e. The highest BCUT2D eigenvalue weighted by Crippen LogP contribution is 2.42. The van der Waals surface area contributed by atoms with Crippen LogP contribution in [0.2, 0.25) is 0 Å². The lowest BCUT2D eigenvalue weighted by Crippen LogP contribution is -2.43. The second kappa shape index (κ2) is 21.3. The standard InChI is InChI=1S/C50H63N7O6S/c1-6-59-42-27-35(28-43(60-7-2)47(42)54-23-11-12-24-54)33-56(37-15-19-51-20-16-37)41-32-40-46(31-39(41)49(58)63-10-5)64-50(53-40)57(38-17-21-52-22-18-38)34-36-29-44(61-8-3)48(45(30-36)62-9-4)55-25-13-14-26-55/h11-14,23-32,37-38,51-52H,6-10,15-22,33-34H2,1-5H3. The van der Waals surface area contributed by atoms with Crippen LogP contribution in [-0.4, -0.2) is 91.4 Å². The maximum absolute atomic E-state index is 14.2.